The van der Waals surface area contributed by atoms with Crippen LogP contribution in [0.1, 0.15) is 30.9 Å². The number of likely N-dealkylation sites (N-methyl/N-ethyl adjacent to an activating group) is 1. The molecule has 0 fully saturated rings. The Kier molecular flexibility index (Phi) is 7.50. The first kappa shape index (κ1) is 24.1. The van der Waals surface area contributed by atoms with Gasteiger partial charge in [-0.05, 0) is 37.5 Å². The highest BCUT2D eigenvalue weighted by Gasteiger charge is 2.27. The Morgan fingerprint density at radius 3 is 2.46 bits per heavy atom. The van der Waals surface area contributed by atoms with E-state index in [1.54, 1.807) is 11.1 Å². The average molecular weight is 471 g/mol. The number of ether oxygens (including phenoxy) is 1. The van der Waals surface area contributed by atoms with Crippen LogP contribution >= 0.6 is 0 Å². The molecule has 0 atom stereocenters. The Morgan fingerprint density at radius 2 is 1.77 bits per heavy atom. The van der Waals surface area contributed by atoms with Crippen molar-refractivity contribution in [1.29, 1.82) is 0 Å². The third kappa shape index (κ3) is 6.29. The Bertz CT molecular complexity index is 1230. The Balaban J connectivity index is 1.48. The molecule has 4 rings (SSSR count). The quantitative estimate of drug-likeness (QED) is 0.378. The van der Waals surface area contributed by atoms with E-state index in [9.17, 15) is 4.79 Å². The van der Waals surface area contributed by atoms with Crippen molar-refractivity contribution < 1.29 is 9.53 Å². The van der Waals surface area contributed by atoms with Crippen molar-refractivity contribution in [2.45, 2.75) is 32.1 Å². The van der Waals surface area contributed by atoms with Crippen molar-refractivity contribution in [2.24, 2.45) is 0 Å². The number of amides is 1. The predicted molar refractivity (Wildman–Crippen MR) is 134 cm³/mol. The maximum absolute atomic E-state index is 12.9. The summed E-state index contributed by atoms with van der Waals surface area (Å²) in [6, 6.07) is 22.1. The lowest BCUT2D eigenvalue weighted by molar-refractivity contribution is -0.129. The molecule has 0 aliphatic heterocycles. The summed E-state index contributed by atoms with van der Waals surface area (Å²) >= 11 is 0. The summed E-state index contributed by atoms with van der Waals surface area (Å²) in [5, 5.41) is 14.3. The van der Waals surface area contributed by atoms with Gasteiger partial charge in [-0.25, -0.2) is 0 Å². The van der Waals surface area contributed by atoms with E-state index < -0.39 is 5.41 Å². The summed E-state index contributed by atoms with van der Waals surface area (Å²) in [5.74, 6) is 1.24. The fraction of sp³-hybridized carbons (Fsp3) is 0.296. The number of hydrogen-bond acceptors (Lipinski definition) is 6. The molecule has 0 saturated carbocycles. The minimum atomic E-state index is -0.447. The van der Waals surface area contributed by atoms with Gasteiger partial charge < -0.3 is 9.64 Å². The molecular formula is C27H30N6O2. The van der Waals surface area contributed by atoms with E-state index >= 15 is 0 Å². The molecule has 0 aliphatic carbocycles. The molecule has 1 amide bonds. The first-order chi connectivity index (χ1) is 16.9. The maximum atomic E-state index is 12.9. The number of aromatic amines is 1. The molecule has 0 bridgehead atoms. The molecule has 4 aromatic rings. The van der Waals surface area contributed by atoms with Crippen molar-refractivity contribution >= 4 is 5.91 Å². The topological polar surface area (TPSA) is 96.9 Å². The molecule has 8 nitrogen and oxygen atoms in total. The number of tetrazole rings is 1. The Hall–Kier alpha value is -4.07. The molecule has 0 unspecified atom stereocenters. The van der Waals surface area contributed by atoms with Gasteiger partial charge in [0.25, 0.3) is 0 Å². The van der Waals surface area contributed by atoms with Gasteiger partial charge in [0.2, 0.25) is 5.91 Å². The third-order valence-electron chi connectivity index (χ3n) is 5.88. The van der Waals surface area contributed by atoms with E-state index in [0.717, 1.165) is 17.5 Å². The molecule has 180 valence electrons. The zero-order valence-corrected chi connectivity index (χ0v) is 20.3. The van der Waals surface area contributed by atoms with Crippen LogP contribution in [0.2, 0.25) is 0 Å². The molecule has 0 spiro atoms. The molecule has 8 heteroatoms. The first-order valence-electron chi connectivity index (χ1n) is 11.6. The van der Waals surface area contributed by atoms with Crippen LogP contribution in [-0.4, -0.2) is 56.6 Å². The van der Waals surface area contributed by atoms with Crippen LogP contribution in [0.4, 0.5) is 0 Å². The van der Waals surface area contributed by atoms with Crippen molar-refractivity contribution in [1.82, 2.24) is 30.5 Å². The number of hydrogen-bond donors (Lipinski definition) is 1. The van der Waals surface area contributed by atoms with Crippen molar-refractivity contribution in [2.75, 3.05) is 20.2 Å². The van der Waals surface area contributed by atoms with Gasteiger partial charge in [0.15, 0.2) is 5.82 Å². The van der Waals surface area contributed by atoms with Crippen molar-refractivity contribution in [3.8, 4) is 16.9 Å². The van der Waals surface area contributed by atoms with Crippen LogP contribution in [0, 0.1) is 0 Å². The Labute approximate surface area is 205 Å². The van der Waals surface area contributed by atoms with Crippen molar-refractivity contribution in [3.63, 3.8) is 0 Å². The number of rotatable bonds is 10. The van der Waals surface area contributed by atoms with Crippen LogP contribution in [-0.2, 0) is 23.1 Å². The van der Waals surface area contributed by atoms with Crippen molar-refractivity contribution in [3.05, 3.63) is 90.0 Å². The van der Waals surface area contributed by atoms with Gasteiger partial charge in [0, 0.05) is 19.2 Å². The fourth-order valence-electron chi connectivity index (χ4n) is 3.67. The molecule has 0 aliphatic rings. The van der Waals surface area contributed by atoms with Crippen LogP contribution in [0.3, 0.4) is 0 Å². The molecule has 2 aromatic carbocycles. The van der Waals surface area contributed by atoms with E-state index in [2.05, 4.69) is 37.7 Å². The highest BCUT2D eigenvalue weighted by atomic mass is 16.5. The van der Waals surface area contributed by atoms with Gasteiger partial charge in [-0.1, -0.05) is 65.9 Å². The average Bonchev–Trinajstić information content (AvgIpc) is 3.44. The second-order valence-electron chi connectivity index (χ2n) is 9.17. The summed E-state index contributed by atoms with van der Waals surface area (Å²) in [4.78, 5) is 19.2. The highest BCUT2D eigenvalue weighted by Crippen LogP contribution is 2.32. The summed E-state index contributed by atoms with van der Waals surface area (Å²) in [5.41, 5.74) is 3.34. The lowest BCUT2D eigenvalue weighted by Crippen LogP contribution is -2.30. The normalized spacial score (nSPS) is 11.3. The first-order valence-corrected chi connectivity index (χ1v) is 11.6. The van der Waals surface area contributed by atoms with Gasteiger partial charge in [-0.2, -0.15) is 5.21 Å². The van der Waals surface area contributed by atoms with Gasteiger partial charge in [-0.3, -0.25) is 9.78 Å². The number of aromatic nitrogens is 5. The van der Waals surface area contributed by atoms with E-state index in [4.69, 9.17) is 4.74 Å². The molecule has 35 heavy (non-hydrogen) atoms. The van der Waals surface area contributed by atoms with Gasteiger partial charge in [0.05, 0.1) is 23.7 Å². The van der Waals surface area contributed by atoms with Crippen LogP contribution in [0.25, 0.3) is 11.1 Å². The van der Waals surface area contributed by atoms with Crippen LogP contribution in [0.5, 0.6) is 5.75 Å². The minimum absolute atomic E-state index is 0.0272. The fourth-order valence-corrected chi connectivity index (χ4v) is 3.67. The molecule has 1 N–H and O–H groups in total. The summed E-state index contributed by atoms with van der Waals surface area (Å²) in [7, 11) is 1.83. The van der Waals surface area contributed by atoms with Crippen LogP contribution < -0.4 is 4.74 Å². The number of H-pyrrole nitrogens is 1. The lowest BCUT2D eigenvalue weighted by Gasteiger charge is -2.22. The van der Waals surface area contributed by atoms with E-state index in [1.165, 1.54) is 5.56 Å². The smallest absolute Gasteiger partial charge is 0.228 e. The van der Waals surface area contributed by atoms with Gasteiger partial charge >= 0.3 is 0 Å². The highest BCUT2D eigenvalue weighted by molar-refractivity contribution is 5.79. The van der Waals surface area contributed by atoms with Gasteiger partial charge in [-0.15, -0.1) is 10.2 Å². The standard InChI is InChI=1S/C27H30N6O2/c1-27(2,26-29-31-32-30-26)19-35-24-18-28-22(16-23(24)21-12-8-5-9-13-21)17-25(34)33(3)15-14-20-10-6-4-7-11-20/h4-13,16,18H,14-15,17,19H2,1-3H3,(H,29,30,31,32). The zero-order valence-electron chi connectivity index (χ0n) is 20.3. The summed E-state index contributed by atoms with van der Waals surface area (Å²) < 4.78 is 6.20. The molecule has 2 aromatic heterocycles. The Morgan fingerprint density at radius 1 is 1.06 bits per heavy atom. The third-order valence-corrected chi connectivity index (χ3v) is 5.88. The monoisotopic (exact) mass is 470 g/mol. The minimum Gasteiger partial charge on any atom is -0.490 e. The second-order valence-corrected chi connectivity index (χ2v) is 9.17. The predicted octanol–water partition coefficient (Wildman–Crippen LogP) is 3.86. The van der Waals surface area contributed by atoms with Gasteiger partial charge in [0.1, 0.15) is 12.4 Å². The van der Waals surface area contributed by atoms with E-state index in [1.807, 2.05) is 75.5 Å². The summed E-state index contributed by atoms with van der Waals surface area (Å²) in [6.07, 6.45) is 2.73. The molecule has 0 radical (unpaired) electrons. The van der Waals surface area contributed by atoms with E-state index in [0.29, 0.717) is 30.4 Å². The number of benzene rings is 2. The second kappa shape index (κ2) is 10.9. The number of pyridine rings is 1. The number of nitrogens with one attached hydrogen (secondary N) is 1. The lowest BCUT2D eigenvalue weighted by atomic mass is 9.94. The SMILES string of the molecule is CN(CCc1ccccc1)C(=O)Cc1cc(-c2ccccc2)c(OCC(C)(C)c2nn[nH]n2)cn1. The largest absolute Gasteiger partial charge is 0.490 e. The number of nitrogens with zero attached hydrogens (tertiary/aromatic N) is 5. The maximum Gasteiger partial charge on any atom is 0.228 e. The number of carbonyl (C=O) groups excluding carboxylic acids is 1. The van der Waals surface area contributed by atoms with Crippen LogP contribution in [0.15, 0.2) is 72.9 Å². The summed E-state index contributed by atoms with van der Waals surface area (Å²) in [6.45, 7) is 4.98. The van der Waals surface area contributed by atoms with E-state index in [-0.39, 0.29) is 12.3 Å². The zero-order chi connectivity index (χ0) is 24.7. The molecule has 0 saturated heterocycles. The number of carbonyl (C=O) groups is 1. The molecule has 2 heterocycles. The molecular weight excluding hydrogens is 440 g/mol.